The zero-order valence-electron chi connectivity index (χ0n) is 9.82. The highest BCUT2D eigenvalue weighted by Gasteiger charge is 2.31. The molecule has 1 aliphatic rings. The monoisotopic (exact) mass is 365 g/mol. The van der Waals surface area contributed by atoms with Crippen LogP contribution in [0.2, 0.25) is 0 Å². The summed E-state index contributed by atoms with van der Waals surface area (Å²) in [7, 11) is -1.54. The number of aromatic nitrogens is 1. The van der Waals surface area contributed by atoms with Crippen LogP contribution in [0.3, 0.4) is 0 Å². The summed E-state index contributed by atoms with van der Waals surface area (Å²) >= 11 is 4.38. The number of methoxy groups -OCH3 is 1. The number of hydrogen-bond donors (Lipinski definition) is 0. The van der Waals surface area contributed by atoms with Crippen LogP contribution in [0.15, 0.2) is 26.2 Å². The highest BCUT2D eigenvalue weighted by atomic mass is 79.9. The maximum absolute atomic E-state index is 11.9. The van der Waals surface area contributed by atoms with Gasteiger partial charge in [-0.3, -0.25) is 0 Å². The molecule has 0 spiro atoms. The van der Waals surface area contributed by atoms with Crippen molar-refractivity contribution in [3.8, 4) is 0 Å². The van der Waals surface area contributed by atoms with Gasteiger partial charge in [0.15, 0.2) is 0 Å². The number of nitrogens with zero attached hydrogens (tertiary/aromatic N) is 3. The molecule has 1 aromatic rings. The highest BCUT2D eigenvalue weighted by molar-refractivity contribution is 9.10. The Kier molecular flexibility index (Phi) is 3.74. The van der Waals surface area contributed by atoms with Gasteiger partial charge < -0.3 is 4.74 Å². The SMILES string of the molecule is COC(=O)C1=CC(c2nc(Br)cs2)=NS(=O)(=O)N1C. The number of halogens is 1. The molecule has 0 atom stereocenters. The van der Waals surface area contributed by atoms with Gasteiger partial charge in [-0.15, -0.1) is 15.7 Å². The summed E-state index contributed by atoms with van der Waals surface area (Å²) < 4.78 is 33.2. The number of ether oxygens (including phenoxy) is 1. The summed E-state index contributed by atoms with van der Waals surface area (Å²) in [6.07, 6.45) is 1.33. The van der Waals surface area contributed by atoms with Crippen molar-refractivity contribution in [2.45, 2.75) is 0 Å². The standard InChI is InChI=1S/C9H8BrN3O4S2/c1-13-6(9(14)17-2)3-5(12-19(13,15)16)8-11-7(10)4-18-8/h3-4H,1-2H3. The first-order chi connectivity index (χ1) is 8.85. The van der Waals surface area contributed by atoms with E-state index in [4.69, 9.17) is 0 Å². The van der Waals surface area contributed by atoms with E-state index in [9.17, 15) is 13.2 Å². The maximum Gasteiger partial charge on any atom is 0.355 e. The molecule has 7 nitrogen and oxygen atoms in total. The van der Waals surface area contributed by atoms with Crippen LogP contribution in [-0.2, 0) is 19.7 Å². The first kappa shape index (κ1) is 14.2. The fourth-order valence-corrected chi connectivity index (χ4v) is 3.48. The van der Waals surface area contributed by atoms with Crippen LogP contribution in [0.25, 0.3) is 0 Å². The normalized spacial score (nSPS) is 17.7. The predicted octanol–water partition coefficient (Wildman–Crippen LogP) is 0.942. The van der Waals surface area contributed by atoms with Crippen molar-refractivity contribution in [3.63, 3.8) is 0 Å². The van der Waals surface area contributed by atoms with E-state index >= 15 is 0 Å². The van der Waals surface area contributed by atoms with Crippen molar-refractivity contribution >= 4 is 49.2 Å². The number of likely N-dealkylation sites (N-methyl/N-ethyl adjacent to an activating group) is 1. The average molecular weight is 366 g/mol. The van der Waals surface area contributed by atoms with Gasteiger partial charge in [-0.2, -0.15) is 8.42 Å². The van der Waals surface area contributed by atoms with E-state index in [1.165, 1.54) is 31.6 Å². The van der Waals surface area contributed by atoms with Crippen LogP contribution in [0.5, 0.6) is 0 Å². The van der Waals surface area contributed by atoms with Crippen LogP contribution in [0.1, 0.15) is 5.01 Å². The van der Waals surface area contributed by atoms with Crippen LogP contribution in [0.4, 0.5) is 0 Å². The van der Waals surface area contributed by atoms with Gasteiger partial charge in [-0.1, -0.05) is 0 Å². The lowest BCUT2D eigenvalue weighted by Crippen LogP contribution is -2.33. The minimum atomic E-state index is -3.95. The number of hydrogen-bond acceptors (Lipinski definition) is 6. The molecule has 0 unspecified atom stereocenters. The van der Waals surface area contributed by atoms with Gasteiger partial charge in [0.05, 0.1) is 7.11 Å². The smallest absolute Gasteiger partial charge is 0.355 e. The highest BCUT2D eigenvalue weighted by Crippen LogP contribution is 2.23. The van der Waals surface area contributed by atoms with Crippen molar-refractivity contribution < 1.29 is 17.9 Å². The summed E-state index contributed by atoms with van der Waals surface area (Å²) in [5.41, 5.74) is -0.00646. The molecule has 0 aromatic carbocycles. The molecule has 1 aromatic heterocycles. The largest absolute Gasteiger partial charge is 0.464 e. The summed E-state index contributed by atoms with van der Waals surface area (Å²) in [5.74, 6) is -0.755. The molecular weight excluding hydrogens is 358 g/mol. The third-order valence-corrected chi connectivity index (χ3v) is 5.15. The maximum atomic E-state index is 11.9. The summed E-state index contributed by atoms with van der Waals surface area (Å²) in [6, 6.07) is 0. The van der Waals surface area contributed by atoms with Crippen molar-refractivity contribution in [1.29, 1.82) is 0 Å². The van der Waals surface area contributed by atoms with E-state index in [-0.39, 0.29) is 11.4 Å². The first-order valence-corrected chi connectivity index (χ1v) is 7.92. The summed E-state index contributed by atoms with van der Waals surface area (Å²) in [4.78, 5) is 15.6. The number of carbonyl (C=O) groups is 1. The lowest BCUT2D eigenvalue weighted by molar-refractivity contribution is -0.137. The zero-order chi connectivity index (χ0) is 14.2. The minimum Gasteiger partial charge on any atom is -0.464 e. The Morgan fingerprint density at radius 1 is 1.53 bits per heavy atom. The molecule has 0 N–H and O–H groups in total. The number of rotatable bonds is 2. The quantitative estimate of drug-likeness (QED) is 0.727. The van der Waals surface area contributed by atoms with Gasteiger partial charge >= 0.3 is 16.2 Å². The number of esters is 1. The fourth-order valence-electron chi connectivity index (χ4n) is 1.32. The van der Waals surface area contributed by atoms with Gasteiger partial charge in [0, 0.05) is 12.4 Å². The van der Waals surface area contributed by atoms with Crippen LogP contribution in [-0.4, -0.2) is 43.5 Å². The Morgan fingerprint density at radius 3 is 2.74 bits per heavy atom. The molecule has 0 saturated carbocycles. The number of allylic oxidation sites excluding steroid dienone is 1. The predicted molar refractivity (Wildman–Crippen MR) is 73.1 cm³/mol. The van der Waals surface area contributed by atoms with E-state index < -0.39 is 16.2 Å². The van der Waals surface area contributed by atoms with E-state index in [2.05, 4.69) is 30.0 Å². The lowest BCUT2D eigenvalue weighted by atomic mass is 10.3. The lowest BCUT2D eigenvalue weighted by Gasteiger charge is -2.21. The molecule has 19 heavy (non-hydrogen) atoms. The molecule has 0 bridgehead atoms. The van der Waals surface area contributed by atoms with E-state index in [1.807, 2.05) is 0 Å². The first-order valence-electron chi connectivity index (χ1n) is 4.85. The summed E-state index contributed by atoms with van der Waals surface area (Å²) in [6.45, 7) is 0. The van der Waals surface area contributed by atoms with E-state index in [0.29, 0.717) is 9.61 Å². The van der Waals surface area contributed by atoms with Gasteiger partial charge in [0.25, 0.3) is 0 Å². The summed E-state index contributed by atoms with van der Waals surface area (Å²) in [5, 5.41) is 2.08. The van der Waals surface area contributed by atoms with Gasteiger partial charge in [0.2, 0.25) is 0 Å². The van der Waals surface area contributed by atoms with Gasteiger partial charge in [-0.25, -0.2) is 14.1 Å². The van der Waals surface area contributed by atoms with Gasteiger partial charge in [-0.05, 0) is 22.0 Å². The second-order valence-corrected chi connectivity index (χ2v) is 6.71. The molecule has 0 fully saturated rings. The second kappa shape index (κ2) is 5.02. The average Bonchev–Trinajstić information content (AvgIpc) is 2.78. The molecule has 2 heterocycles. The molecule has 1 aliphatic heterocycles. The van der Waals surface area contributed by atoms with Crippen molar-refractivity contribution in [3.05, 3.63) is 26.8 Å². The van der Waals surface area contributed by atoms with Crippen LogP contribution >= 0.6 is 27.3 Å². The third-order valence-electron chi connectivity index (χ3n) is 2.26. The van der Waals surface area contributed by atoms with E-state index in [1.54, 1.807) is 5.38 Å². The van der Waals surface area contributed by atoms with Gasteiger partial charge in [0.1, 0.15) is 21.0 Å². The Balaban J connectivity index is 2.55. The molecule has 0 radical (unpaired) electrons. The van der Waals surface area contributed by atoms with Crippen molar-refractivity contribution in [2.24, 2.45) is 4.40 Å². The molecular formula is C9H8BrN3O4S2. The van der Waals surface area contributed by atoms with Crippen LogP contribution in [0, 0.1) is 0 Å². The third kappa shape index (κ3) is 2.69. The van der Waals surface area contributed by atoms with Crippen molar-refractivity contribution in [1.82, 2.24) is 9.29 Å². The fraction of sp³-hybridized carbons (Fsp3) is 0.222. The number of thiazole rings is 1. The second-order valence-electron chi connectivity index (χ2n) is 3.42. The molecule has 0 aliphatic carbocycles. The van der Waals surface area contributed by atoms with E-state index in [0.717, 1.165) is 4.31 Å². The Bertz CT molecular complexity index is 692. The molecule has 10 heteroatoms. The molecule has 2 rings (SSSR count). The minimum absolute atomic E-state index is 0.106. The number of carbonyl (C=O) groups excluding carboxylic acids is 1. The van der Waals surface area contributed by atoms with Crippen LogP contribution < -0.4 is 0 Å². The van der Waals surface area contributed by atoms with Crippen molar-refractivity contribution in [2.75, 3.05) is 14.2 Å². The Labute approximate surface area is 121 Å². The molecule has 0 amide bonds. The molecule has 0 saturated heterocycles. The zero-order valence-corrected chi connectivity index (χ0v) is 13.0. The Hall–Kier alpha value is -1.26. The molecule has 102 valence electrons. The Morgan fingerprint density at radius 2 is 2.21 bits per heavy atom. The topological polar surface area (TPSA) is 88.9 Å².